The molecule has 1 atom stereocenters. The normalized spacial score (nSPS) is 24.4. The number of hydrogen-bond donors (Lipinski definition) is 1. The van der Waals surface area contributed by atoms with Gasteiger partial charge in [0.15, 0.2) is 0 Å². The van der Waals surface area contributed by atoms with E-state index in [0.29, 0.717) is 0 Å². The molecule has 0 aromatic carbocycles. The van der Waals surface area contributed by atoms with Crippen LogP contribution in [0.1, 0.15) is 12.8 Å². The van der Waals surface area contributed by atoms with Gasteiger partial charge < -0.3 is 0 Å². The zero-order valence-electron chi connectivity index (χ0n) is 5.94. The lowest BCUT2D eigenvalue weighted by Crippen LogP contribution is -2.24. The molecule has 3 nitrogen and oxygen atoms in total. The summed E-state index contributed by atoms with van der Waals surface area (Å²) in [7, 11) is 0. The van der Waals surface area contributed by atoms with Crippen molar-refractivity contribution in [2.24, 2.45) is 5.92 Å². The minimum absolute atomic E-state index is 0.349. The van der Waals surface area contributed by atoms with E-state index in [1.54, 1.807) is 0 Å². The summed E-state index contributed by atoms with van der Waals surface area (Å²) in [6.07, 6.45) is -5.95. The summed E-state index contributed by atoms with van der Waals surface area (Å²) in [6, 6.07) is 0. The predicted octanol–water partition coefficient (Wildman–Crippen LogP) is 0.602. The van der Waals surface area contributed by atoms with E-state index in [1.807, 2.05) is 5.32 Å². The lowest BCUT2D eigenvalue weighted by Gasteiger charge is -2.08. The molecular formula is C6H6F3NO2. The van der Waals surface area contributed by atoms with Crippen molar-refractivity contribution in [1.29, 1.82) is 0 Å². The molecule has 1 rings (SSSR count). The van der Waals surface area contributed by atoms with Crippen LogP contribution in [-0.4, -0.2) is 18.0 Å². The van der Waals surface area contributed by atoms with Crippen LogP contribution in [0.5, 0.6) is 0 Å². The fourth-order valence-electron chi connectivity index (χ4n) is 1.05. The summed E-state index contributed by atoms with van der Waals surface area (Å²) in [6.45, 7) is 0. The van der Waals surface area contributed by atoms with Crippen LogP contribution in [0.3, 0.4) is 0 Å². The maximum atomic E-state index is 11.7. The Morgan fingerprint density at radius 2 is 2.00 bits per heavy atom. The van der Waals surface area contributed by atoms with Gasteiger partial charge in [-0.15, -0.1) is 0 Å². The molecule has 68 valence electrons. The first-order valence-corrected chi connectivity index (χ1v) is 3.29. The van der Waals surface area contributed by atoms with E-state index in [1.165, 1.54) is 0 Å². The summed E-state index contributed by atoms with van der Waals surface area (Å²) < 4.78 is 35.1. The van der Waals surface area contributed by atoms with Crippen molar-refractivity contribution in [3.05, 3.63) is 0 Å². The van der Waals surface area contributed by atoms with E-state index in [9.17, 15) is 22.8 Å². The minimum atomic E-state index is -4.38. The molecular weight excluding hydrogens is 175 g/mol. The standard InChI is InChI=1S/C6H6F3NO2/c7-6(8,9)2-3-1-4(11)10-5(3)12/h3H,1-2H2,(H,10,11,12). The Kier molecular flexibility index (Phi) is 2.08. The number of nitrogens with one attached hydrogen (secondary N) is 1. The van der Waals surface area contributed by atoms with Crippen LogP contribution in [0.4, 0.5) is 13.2 Å². The fourth-order valence-corrected chi connectivity index (χ4v) is 1.05. The van der Waals surface area contributed by atoms with Crippen molar-refractivity contribution in [3.8, 4) is 0 Å². The van der Waals surface area contributed by atoms with E-state index >= 15 is 0 Å². The Morgan fingerprint density at radius 1 is 1.42 bits per heavy atom. The predicted molar refractivity (Wildman–Crippen MR) is 31.9 cm³/mol. The molecule has 1 aliphatic rings. The number of hydrogen-bond acceptors (Lipinski definition) is 2. The van der Waals surface area contributed by atoms with E-state index < -0.39 is 30.3 Å². The molecule has 1 N–H and O–H groups in total. The minimum Gasteiger partial charge on any atom is -0.296 e. The average molecular weight is 181 g/mol. The summed E-state index contributed by atoms with van der Waals surface area (Å²) in [4.78, 5) is 21.1. The molecule has 12 heavy (non-hydrogen) atoms. The highest BCUT2D eigenvalue weighted by molar-refractivity contribution is 6.03. The van der Waals surface area contributed by atoms with Crippen LogP contribution in [0, 0.1) is 5.92 Å². The summed E-state index contributed by atoms with van der Waals surface area (Å²) >= 11 is 0. The Labute approximate surface area is 65.9 Å². The molecule has 1 fully saturated rings. The molecule has 1 unspecified atom stereocenters. The van der Waals surface area contributed by atoms with E-state index in [-0.39, 0.29) is 6.42 Å². The monoisotopic (exact) mass is 181 g/mol. The van der Waals surface area contributed by atoms with Crippen molar-refractivity contribution in [2.45, 2.75) is 19.0 Å². The Balaban J connectivity index is 2.54. The van der Waals surface area contributed by atoms with Crippen molar-refractivity contribution < 1.29 is 22.8 Å². The molecule has 0 saturated carbocycles. The molecule has 0 aromatic rings. The van der Waals surface area contributed by atoms with Crippen LogP contribution < -0.4 is 5.32 Å². The third-order valence-corrected chi connectivity index (χ3v) is 1.54. The van der Waals surface area contributed by atoms with Gasteiger partial charge in [0.2, 0.25) is 11.8 Å². The molecule has 0 aliphatic carbocycles. The first-order chi connectivity index (χ1) is 5.38. The molecule has 0 aromatic heterocycles. The molecule has 0 spiro atoms. The number of carbonyl (C=O) groups excluding carboxylic acids is 2. The van der Waals surface area contributed by atoms with Gasteiger partial charge >= 0.3 is 6.18 Å². The highest BCUT2D eigenvalue weighted by atomic mass is 19.4. The second kappa shape index (κ2) is 2.76. The summed E-state index contributed by atoms with van der Waals surface area (Å²) in [5.74, 6) is -2.68. The van der Waals surface area contributed by atoms with Crippen molar-refractivity contribution >= 4 is 11.8 Å². The number of halogens is 3. The molecule has 2 amide bonds. The third kappa shape index (κ3) is 2.21. The molecule has 1 heterocycles. The van der Waals surface area contributed by atoms with Gasteiger partial charge in [-0.2, -0.15) is 13.2 Å². The van der Waals surface area contributed by atoms with Gasteiger partial charge in [0.05, 0.1) is 12.3 Å². The van der Waals surface area contributed by atoms with Crippen molar-refractivity contribution in [3.63, 3.8) is 0 Å². The van der Waals surface area contributed by atoms with Crippen LogP contribution in [0.2, 0.25) is 0 Å². The summed E-state index contributed by atoms with van der Waals surface area (Å²) in [5.41, 5.74) is 0. The maximum Gasteiger partial charge on any atom is 0.389 e. The van der Waals surface area contributed by atoms with E-state index in [2.05, 4.69) is 0 Å². The van der Waals surface area contributed by atoms with Gasteiger partial charge in [-0.3, -0.25) is 14.9 Å². The van der Waals surface area contributed by atoms with Gasteiger partial charge in [0.25, 0.3) is 0 Å². The lowest BCUT2D eigenvalue weighted by atomic mass is 10.0. The van der Waals surface area contributed by atoms with Crippen LogP contribution >= 0.6 is 0 Å². The maximum absolute atomic E-state index is 11.7. The SMILES string of the molecule is O=C1CC(CC(F)(F)F)C(=O)N1. The topological polar surface area (TPSA) is 46.2 Å². The van der Waals surface area contributed by atoms with Gasteiger partial charge in [-0.05, 0) is 0 Å². The van der Waals surface area contributed by atoms with Crippen LogP contribution in [0.15, 0.2) is 0 Å². The third-order valence-electron chi connectivity index (χ3n) is 1.54. The lowest BCUT2D eigenvalue weighted by molar-refractivity contribution is -0.151. The van der Waals surface area contributed by atoms with Crippen LogP contribution in [-0.2, 0) is 9.59 Å². The fraction of sp³-hybridized carbons (Fsp3) is 0.667. The molecule has 0 radical (unpaired) electrons. The average Bonchev–Trinajstić information content (AvgIpc) is 2.06. The van der Waals surface area contributed by atoms with Crippen molar-refractivity contribution in [1.82, 2.24) is 5.32 Å². The van der Waals surface area contributed by atoms with Crippen LogP contribution in [0.25, 0.3) is 0 Å². The zero-order chi connectivity index (χ0) is 9.35. The van der Waals surface area contributed by atoms with Gasteiger partial charge in [-0.25, -0.2) is 0 Å². The van der Waals surface area contributed by atoms with Gasteiger partial charge in [0, 0.05) is 6.42 Å². The Morgan fingerprint density at radius 3 is 2.33 bits per heavy atom. The quantitative estimate of drug-likeness (QED) is 0.602. The summed E-state index contributed by atoms with van der Waals surface area (Å²) in [5, 5.41) is 1.81. The Hall–Kier alpha value is -1.07. The first kappa shape index (κ1) is 9.02. The molecule has 1 saturated heterocycles. The van der Waals surface area contributed by atoms with Crippen molar-refractivity contribution in [2.75, 3.05) is 0 Å². The smallest absolute Gasteiger partial charge is 0.296 e. The largest absolute Gasteiger partial charge is 0.389 e. The highest BCUT2D eigenvalue weighted by Crippen LogP contribution is 2.28. The number of imide groups is 1. The van der Waals surface area contributed by atoms with Gasteiger partial charge in [-0.1, -0.05) is 0 Å². The molecule has 6 heteroatoms. The number of amides is 2. The highest BCUT2D eigenvalue weighted by Gasteiger charge is 2.40. The first-order valence-electron chi connectivity index (χ1n) is 3.29. The van der Waals surface area contributed by atoms with Gasteiger partial charge in [0.1, 0.15) is 0 Å². The van der Waals surface area contributed by atoms with E-state index in [4.69, 9.17) is 0 Å². The molecule has 1 aliphatic heterocycles. The second-order valence-electron chi connectivity index (χ2n) is 2.63. The van der Waals surface area contributed by atoms with E-state index in [0.717, 1.165) is 0 Å². The number of carbonyl (C=O) groups is 2. The Bertz CT molecular complexity index is 223. The zero-order valence-corrected chi connectivity index (χ0v) is 5.94. The number of rotatable bonds is 1. The number of alkyl halides is 3. The second-order valence-corrected chi connectivity index (χ2v) is 2.63. The molecule has 0 bridgehead atoms.